The van der Waals surface area contributed by atoms with Gasteiger partial charge in [0.05, 0.1) is 5.70 Å². The summed E-state index contributed by atoms with van der Waals surface area (Å²) in [7, 11) is 0. The third-order valence-electron chi connectivity index (χ3n) is 1.95. The summed E-state index contributed by atoms with van der Waals surface area (Å²) in [6.45, 7) is 8.12. The fraction of sp³-hybridized carbons (Fsp3) is 0.429. The molecule has 94 valence electrons. The Morgan fingerprint density at radius 3 is 2.41 bits per heavy atom. The van der Waals surface area contributed by atoms with Gasteiger partial charge in [0.2, 0.25) is 0 Å². The van der Waals surface area contributed by atoms with Crippen LogP contribution in [0.15, 0.2) is 46.5 Å². The van der Waals surface area contributed by atoms with E-state index < -0.39 is 0 Å². The molecule has 17 heavy (non-hydrogen) atoms. The maximum atomic E-state index is 13.6. The first kappa shape index (κ1) is 15.5. The van der Waals surface area contributed by atoms with Crippen molar-refractivity contribution in [2.45, 2.75) is 27.7 Å². The van der Waals surface area contributed by atoms with E-state index in [-0.39, 0.29) is 6.54 Å². The van der Waals surface area contributed by atoms with Gasteiger partial charge in [-0.05, 0) is 39.3 Å². The van der Waals surface area contributed by atoms with Crippen molar-refractivity contribution in [1.29, 1.82) is 0 Å². The van der Waals surface area contributed by atoms with Gasteiger partial charge < -0.3 is 5.73 Å². The second kappa shape index (κ2) is 8.60. The number of allylic oxidation sites excluding steroid dienone is 4. The molecule has 0 aliphatic carbocycles. The molecule has 0 aliphatic heterocycles. The Kier molecular flexibility index (Phi) is 7.83. The Morgan fingerprint density at radius 1 is 1.29 bits per heavy atom. The molecule has 0 aromatic heterocycles. The van der Waals surface area contributed by atoms with Gasteiger partial charge in [0.25, 0.3) is 0 Å². The van der Waals surface area contributed by atoms with Crippen molar-refractivity contribution in [1.82, 2.24) is 5.12 Å². The minimum atomic E-state index is 0.288. The molecule has 0 amide bonds. The zero-order valence-corrected chi connectivity index (χ0v) is 11.0. The van der Waals surface area contributed by atoms with Gasteiger partial charge >= 0.3 is 0 Å². The number of rotatable bonds is 5. The number of likely N-dealkylation sites (N-methyl/N-ethyl adjacent to an activating group) is 1. The molecule has 0 aromatic rings. The van der Waals surface area contributed by atoms with E-state index in [4.69, 9.17) is 5.73 Å². The molecule has 0 fully saturated rings. The molecule has 2 N–H and O–H groups in total. The normalized spacial score (nSPS) is 11.1. The predicted octanol–water partition coefficient (Wildman–Crippen LogP) is 3.26. The van der Waals surface area contributed by atoms with E-state index in [9.17, 15) is 4.48 Å². The molecule has 3 heteroatoms. The van der Waals surface area contributed by atoms with Crippen LogP contribution in [0.25, 0.3) is 0 Å². The fourth-order valence-electron chi connectivity index (χ4n) is 1.08. The number of nitrogens with two attached hydrogens (primary N) is 1. The summed E-state index contributed by atoms with van der Waals surface area (Å²) in [6.07, 6.45) is 5.19. The van der Waals surface area contributed by atoms with E-state index in [1.54, 1.807) is 32.1 Å². The van der Waals surface area contributed by atoms with Crippen LogP contribution < -0.4 is 5.73 Å². The molecular weight excluding hydrogens is 215 g/mol. The lowest BCUT2D eigenvalue weighted by atomic mass is 10.2. The molecule has 0 aromatic carbocycles. The maximum Gasteiger partial charge on any atom is 0.0800 e. The Bertz CT molecular complexity index is 388. The monoisotopic (exact) mass is 236 g/mol. The molecule has 0 unspecified atom stereocenters. The van der Waals surface area contributed by atoms with Crippen molar-refractivity contribution in [3.8, 4) is 0 Å². The molecule has 0 spiro atoms. The summed E-state index contributed by atoms with van der Waals surface area (Å²) in [5.74, 6) is 0. The van der Waals surface area contributed by atoms with Crippen molar-refractivity contribution in [2.75, 3.05) is 13.1 Å². The lowest BCUT2D eigenvalue weighted by Crippen LogP contribution is -2.12. The van der Waals surface area contributed by atoms with Crippen LogP contribution in [-0.2, 0) is 0 Å². The largest absolute Gasteiger partial charge is 0.327 e. The second-order valence-corrected chi connectivity index (χ2v) is 3.77. The third-order valence-corrected chi connectivity index (χ3v) is 1.95. The molecule has 0 saturated heterocycles. The van der Waals surface area contributed by atoms with Gasteiger partial charge in [-0.1, -0.05) is 28.1 Å². The van der Waals surface area contributed by atoms with Gasteiger partial charge in [-0.25, -0.2) is 5.12 Å². The molecule has 2 nitrogen and oxygen atoms in total. The van der Waals surface area contributed by atoms with E-state index in [0.29, 0.717) is 22.9 Å². The maximum absolute atomic E-state index is 13.6. The summed E-state index contributed by atoms with van der Waals surface area (Å²) in [5.41, 5.74) is 13.4. The van der Waals surface area contributed by atoms with E-state index in [0.717, 1.165) is 5.57 Å². The number of hydrogen-bond donors (Lipinski definition) is 1. The highest BCUT2D eigenvalue weighted by molar-refractivity contribution is 5.30. The van der Waals surface area contributed by atoms with Crippen molar-refractivity contribution < 1.29 is 4.48 Å². The molecule has 0 rings (SSSR count). The molecular formula is C14H21FN2. The lowest BCUT2D eigenvalue weighted by Gasteiger charge is -2.14. The molecule has 0 saturated carbocycles. The van der Waals surface area contributed by atoms with Gasteiger partial charge in [0.15, 0.2) is 0 Å². The second-order valence-electron chi connectivity index (χ2n) is 3.77. The first-order chi connectivity index (χ1) is 8.02. The quantitative estimate of drug-likeness (QED) is 0.451. The highest BCUT2D eigenvalue weighted by Crippen LogP contribution is 2.14. The average molecular weight is 236 g/mol. The van der Waals surface area contributed by atoms with E-state index in [2.05, 4.69) is 11.5 Å². The van der Waals surface area contributed by atoms with E-state index in [1.165, 1.54) is 0 Å². The van der Waals surface area contributed by atoms with Gasteiger partial charge in [-0.2, -0.15) is 0 Å². The van der Waals surface area contributed by atoms with Gasteiger partial charge in [0.1, 0.15) is 0 Å². The molecule has 0 bridgehead atoms. The van der Waals surface area contributed by atoms with Crippen LogP contribution in [0.2, 0.25) is 0 Å². The molecule has 0 aliphatic rings. The van der Waals surface area contributed by atoms with Crippen molar-refractivity contribution >= 4 is 0 Å². The van der Waals surface area contributed by atoms with Gasteiger partial charge in [0, 0.05) is 18.7 Å². The first-order valence-corrected chi connectivity index (χ1v) is 5.69. The van der Waals surface area contributed by atoms with Gasteiger partial charge in [-0.15, -0.1) is 0 Å². The Morgan fingerprint density at radius 2 is 1.94 bits per heavy atom. The van der Waals surface area contributed by atoms with Crippen LogP contribution in [0.1, 0.15) is 27.7 Å². The fourth-order valence-corrected chi connectivity index (χ4v) is 1.08. The zero-order chi connectivity index (χ0) is 13.3. The van der Waals surface area contributed by atoms with Crippen LogP contribution in [0.5, 0.6) is 0 Å². The molecule has 0 heterocycles. The Balaban J connectivity index is 5.35. The predicted molar refractivity (Wildman–Crippen MR) is 70.8 cm³/mol. The summed E-state index contributed by atoms with van der Waals surface area (Å²) < 4.78 is 13.6. The van der Waals surface area contributed by atoms with Crippen molar-refractivity contribution in [3.63, 3.8) is 0 Å². The van der Waals surface area contributed by atoms with Crippen LogP contribution >= 0.6 is 0 Å². The van der Waals surface area contributed by atoms with Crippen LogP contribution in [0.4, 0.5) is 4.48 Å². The highest BCUT2D eigenvalue weighted by Gasteiger charge is 2.06. The molecule has 0 radical (unpaired) electrons. The summed E-state index contributed by atoms with van der Waals surface area (Å²) >= 11 is 0. The number of nitrogens with zero attached hydrogens (tertiary/aromatic N) is 1. The zero-order valence-electron chi connectivity index (χ0n) is 11.0. The smallest absolute Gasteiger partial charge is 0.0800 e. The summed E-state index contributed by atoms with van der Waals surface area (Å²) in [6, 6.07) is 0. The Hall–Kier alpha value is -1.53. The minimum absolute atomic E-state index is 0.288. The van der Waals surface area contributed by atoms with Crippen LogP contribution in [-0.4, -0.2) is 18.2 Å². The number of halogens is 1. The standard InChI is InChI=1S/C14H21FN2/c1-5-17(15)14(8-6-7-11-16)13(4)10-9-12(2)3/h6-8H,5,11,16H2,1-4H3/b7-6-,14-8-. The van der Waals surface area contributed by atoms with E-state index in [1.807, 2.05) is 13.8 Å². The minimum Gasteiger partial charge on any atom is -0.327 e. The van der Waals surface area contributed by atoms with Crippen LogP contribution in [0, 0.1) is 0 Å². The number of hydrogen-bond acceptors (Lipinski definition) is 2. The SMILES string of the molecule is CCN(F)/C(=C\C=C/CN)C(C)=C=C=C(C)C. The van der Waals surface area contributed by atoms with Crippen molar-refractivity contribution in [2.24, 2.45) is 5.73 Å². The van der Waals surface area contributed by atoms with Crippen LogP contribution in [0.3, 0.4) is 0 Å². The average Bonchev–Trinajstić information content (AvgIpc) is 2.30. The van der Waals surface area contributed by atoms with Crippen molar-refractivity contribution in [3.05, 3.63) is 46.5 Å². The topological polar surface area (TPSA) is 29.3 Å². The highest BCUT2D eigenvalue weighted by atomic mass is 19.2. The summed E-state index contributed by atoms with van der Waals surface area (Å²) in [5, 5.41) is 0.676. The van der Waals surface area contributed by atoms with Gasteiger partial charge in [-0.3, -0.25) is 0 Å². The van der Waals surface area contributed by atoms with E-state index >= 15 is 0 Å². The third kappa shape index (κ3) is 6.60. The Labute approximate surface area is 103 Å². The first-order valence-electron chi connectivity index (χ1n) is 5.69. The summed E-state index contributed by atoms with van der Waals surface area (Å²) in [4.78, 5) is 0. The lowest BCUT2D eigenvalue weighted by molar-refractivity contribution is 0.0816. The molecule has 0 atom stereocenters.